The van der Waals surface area contributed by atoms with Crippen LogP contribution in [0.5, 0.6) is 0 Å². The van der Waals surface area contributed by atoms with Crippen molar-refractivity contribution in [3.8, 4) is 0 Å². The molecule has 0 spiro atoms. The second-order valence-electron chi connectivity index (χ2n) is 7.69. The van der Waals surface area contributed by atoms with Crippen LogP contribution < -0.4 is 5.73 Å². The molecule has 0 heterocycles. The monoisotopic (exact) mass is 301 g/mol. The van der Waals surface area contributed by atoms with Gasteiger partial charge in [0.1, 0.15) is 6.79 Å². The first-order chi connectivity index (χ1) is 9.55. The Kier molecular flexibility index (Phi) is 7.89. The third-order valence-electron chi connectivity index (χ3n) is 7.15. The van der Waals surface area contributed by atoms with Gasteiger partial charge in [0.2, 0.25) is 0 Å². The quantitative estimate of drug-likeness (QED) is 0.470. The lowest BCUT2D eigenvalue weighted by atomic mass is 9.46. The summed E-state index contributed by atoms with van der Waals surface area (Å²) in [4.78, 5) is 0. The van der Waals surface area contributed by atoms with Crippen LogP contribution >= 0.6 is 0 Å². The lowest BCUT2D eigenvalue weighted by Crippen LogP contribution is -2.57. The predicted octanol–water partition coefficient (Wildman–Crippen LogP) is 4.19. The van der Waals surface area contributed by atoms with Gasteiger partial charge in [0.15, 0.2) is 0 Å². The molecule has 0 aromatic heterocycles. The van der Waals surface area contributed by atoms with E-state index in [-0.39, 0.29) is 29.1 Å². The summed E-state index contributed by atoms with van der Waals surface area (Å²) in [5.41, 5.74) is 6.78. The van der Waals surface area contributed by atoms with Gasteiger partial charge in [0.25, 0.3) is 0 Å². The summed E-state index contributed by atoms with van der Waals surface area (Å²) in [5.74, 6) is 0.499. The van der Waals surface area contributed by atoms with Gasteiger partial charge in [-0.05, 0) is 48.3 Å². The van der Waals surface area contributed by atoms with Crippen LogP contribution in [-0.4, -0.2) is 24.5 Å². The first-order valence-electron chi connectivity index (χ1n) is 8.49. The molecule has 3 nitrogen and oxygen atoms in total. The van der Waals surface area contributed by atoms with Crippen molar-refractivity contribution in [3.05, 3.63) is 0 Å². The van der Waals surface area contributed by atoms with Gasteiger partial charge in [-0.3, -0.25) is 0 Å². The molecule has 3 N–H and O–H groups in total. The minimum absolute atomic E-state index is 0.0946. The fourth-order valence-corrected chi connectivity index (χ4v) is 4.04. The molecule has 0 aliphatic carbocycles. The summed E-state index contributed by atoms with van der Waals surface area (Å²) in [6.07, 6.45) is 3.15. The van der Waals surface area contributed by atoms with Crippen molar-refractivity contribution in [1.29, 1.82) is 0 Å². The van der Waals surface area contributed by atoms with E-state index in [0.717, 1.165) is 19.3 Å². The van der Waals surface area contributed by atoms with E-state index in [1.54, 1.807) is 0 Å². The van der Waals surface area contributed by atoms with E-state index < -0.39 is 0 Å². The number of rotatable bonds is 10. The summed E-state index contributed by atoms with van der Waals surface area (Å²) in [5, 5.41) is 8.79. The molecule has 0 amide bonds. The highest BCUT2D eigenvalue weighted by Crippen LogP contribution is 2.59. The highest BCUT2D eigenvalue weighted by molar-refractivity contribution is 5.04. The summed E-state index contributed by atoms with van der Waals surface area (Å²) < 4.78 is 5.14. The third-order valence-corrected chi connectivity index (χ3v) is 7.15. The van der Waals surface area contributed by atoms with Crippen molar-refractivity contribution in [2.45, 2.75) is 80.7 Å². The number of aliphatic hydroxyl groups is 1. The molecule has 0 aromatic carbocycles. The zero-order valence-corrected chi connectivity index (χ0v) is 15.6. The molecule has 0 bridgehead atoms. The Morgan fingerprint density at radius 3 is 1.90 bits per heavy atom. The average molecular weight is 302 g/mol. The zero-order chi connectivity index (χ0) is 16.9. The van der Waals surface area contributed by atoms with Gasteiger partial charge in [-0.25, -0.2) is 0 Å². The lowest BCUT2D eigenvalue weighted by molar-refractivity contribution is -0.101. The highest BCUT2D eigenvalue weighted by atomic mass is 16.6. The van der Waals surface area contributed by atoms with Crippen molar-refractivity contribution in [3.63, 3.8) is 0 Å². The molecule has 0 saturated carbocycles. The first-order valence-corrected chi connectivity index (χ1v) is 8.49. The minimum atomic E-state index is -0.190. The van der Waals surface area contributed by atoms with Crippen molar-refractivity contribution in [1.82, 2.24) is 0 Å². The summed E-state index contributed by atoms with van der Waals surface area (Å²) in [6.45, 7) is 18.9. The van der Waals surface area contributed by atoms with Gasteiger partial charge in [-0.1, -0.05) is 48.5 Å². The molecule has 0 rings (SSSR count). The third kappa shape index (κ3) is 3.80. The maximum atomic E-state index is 8.79. The number of hydrogen-bond donors (Lipinski definition) is 2. The van der Waals surface area contributed by atoms with Crippen LogP contribution in [-0.2, 0) is 4.74 Å². The van der Waals surface area contributed by atoms with Crippen molar-refractivity contribution in [2.24, 2.45) is 27.9 Å². The Hall–Kier alpha value is -0.120. The van der Waals surface area contributed by atoms with Crippen LogP contribution in [0.3, 0.4) is 0 Å². The first kappa shape index (κ1) is 20.9. The molecule has 0 saturated heterocycles. The Balaban J connectivity index is 5.46. The molecule has 4 atom stereocenters. The SMILES string of the molecule is CCC(C)(C(C)(C)C(C)CCOCO)[C@](C)(CC)[C@@H](C)N. The second kappa shape index (κ2) is 7.94. The number of nitrogens with two attached hydrogens (primary N) is 1. The second-order valence-corrected chi connectivity index (χ2v) is 7.69. The van der Waals surface area contributed by atoms with Crippen LogP contribution in [0.2, 0.25) is 0 Å². The number of ether oxygens (including phenoxy) is 1. The maximum absolute atomic E-state index is 8.79. The van der Waals surface area contributed by atoms with Crippen LogP contribution in [0.15, 0.2) is 0 Å². The predicted molar refractivity (Wildman–Crippen MR) is 91.0 cm³/mol. The number of hydrogen-bond acceptors (Lipinski definition) is 3. The van der Waals surface area contributed by atoms with Gasteiger partial charge >= 0.3 is 0 Å². The molecule has 0 fully saturated rings. The summed E-state index contributed by atoms with van der Waals surface area (Å²) >= 11 is 0. The molecule has 0 aliphatic heterocycles. The molecule has 128 valence electrons. The van der Waals surface area contributed by atoms with Crippen molar-refractivity contribution in [2.75, 3.05) is 13.4 Å². The normalized spacial score (nSPS) is 21.4. The lowest BCUT2D eigenvalue weighted by Gasteiger charge is -2.59. The van der Waals surface area contributed by atoms with Crippen molar-refractivity contribution < 1.29 is 9.84 Å². The molecule has 0 radical (unpaired) electrons. The molecule has 3 heteroatoms. The van der Waals surface area contributed by atoms with E-state index in [9.17, 15) is 0 Å². The molecule has 21 heavy (non-hydrogen) atoms. The highest BCUT2D eigenvalue weighted by Gasteiger charge is 2.54. The largest absolute Gasteiger partial charge is 0.371 e. The van der Waals surface area contributed by atoms with Crippen LogP contribution in [0.4, 0.5) is 0 Å². The van der Waals surface area contributed by atoms with Gasteiger partial charge < -0.3 is 15.6 Å². The Bertz CT molecular complexity index is 304. The van der Waals surface area contributed by atoms with Crippen molar-refractivity contribution >= 4 is 0 Å². The van der Waals surface area contributed by atoms with Crippen LogP contribution in [0.25, 0.3) is 0 Å². The average Bonchev–Trinajstić information content (AvgIpc) is 2.44. The Labute approximate surface area is 132 Å². The van der Waals surface area contributed by atoms with Gasteiger partial charge in [0.05, 0.1) is 0 Å². The van der Waals surface area contributed by atoms with E-state index in [1.807, 2.05) is 0 Å². The minimum Gasteiger partial charge on any atom is -0.371 e. The number of aliphatic hydroxyl groups excluding tert-OH is 1. The smallest absolute Gasteiger partial charge is 0.143 e. The summed E-state index contributed by atoms with van der Waals surface area (Å²) in [6, 6.07) is 0.160. The van der Waals surface area contributed by atoms with Gasteiger partial charge in [0, 0.05) is 12.6 Å². The fourth-order valence-electron chi connectivity index (χ4n) is 4.04. The van der Waals surface area contributed by atoms with Crippen LogP contribution in [0.1, 0.15) is 74.7 Å². The van der Waals surface area contributed by atoms with E-state index in [0.29, 0.717) is 12.5 Å². The fraction of sp³-hybridized carbons (Fsp3) is 1.00. The topological polar surface area (TPSA) is 55.5 Å². The molecular formula is C18H39NO2. The molecular weight excluding hydrogens is 262 g/mol. The van der Waals surface area contributed by atoms with Gasteiger partial charge in [-0.2, -0.15) is 0 Å². The van der Waals surface area contributed by atoms with Crippen LogP contribution in [0, 0.1) is 22.2 Å². The molecule has 2 unspecified atom stereocenters. The Morgan fingerprint density at radius 2 is 1.57 bits per heavy atom. The van der Waals surface area contributed by atoms with E-state index in [1.165, 1.54) is 0 Å². The van der Waals surface area contributed by atoms with Gasteiger partial charge in [-0.15, -0.1) is 0 Å². The molecule has 0 aromatic rings. The van der Waals surface area contributed by atoms with E-state index in [2.05, 4.69) is 55.4 Å². The van der Waals surface area contributed by atoms with E-state index in [4.69, 9.17) is 15.6 Å². The zero-order valence-electron chi connectivity index (χ0n) is 15.6. The summed E-state index contributed by atoms with van der Waals surface area (Å²) in [7, 11) is 0. The maximum Gasteiger partial charge on any atom is 0.143 e. The van der Waals surface area contributed by atoms with E-state index >= 15 is 0 Å². The standard InChI is InChI=1S/C18H39NO2/c1-9-17(7,15(4)19)18(8,10-2)16(5,6)14(3)11-12-21-13-20/h14-15,20H,9-13,19H2,1-8H3/t14?,15-,17-,18?/m1/s1. The Morgan fingerprint density at radius 1 is 1.05 bits per heavy atom. The molecule has 0 aliphatic rings.